The standard InChI is InChI=1S/C10H10ClNO4/c1-10(2,9(13)14)7-5-6(12(15)16)3-4-8(7)11/h3-5H,1-2H3,(H,13,14). The Morgan fingerprint density at radius 2 is 2.06 bits per heavy atom. The van der Waals surface area contributed by atoms with Gasteiger partial charge in [0.05, 0.1) is 10.3 Å². The van der Waals surface area contributed by atoms with Gasteiger partial charge in [-0.05, 0) is 25.5 Å². The van der Waals surface area contributed by atoms with Gasteiger partial charge in [0.15, 0.2) is 0 Å². The molecule has 5 nitrogen and oxygen atoms in total. The smallest absolute Gasteiger partial charge is 0.313 e. The van der Waals surface area contributed by atoms with Crippen LogP contribution in [0.1, 0.15) is 19.4 Å². The van der Waals surface area contributed by atoms with Crippen molar-refractivity contribution in [3.63, 3.8) is 0 Å². The molecule has 1 rings (SSSR count). The summed E-state index contributed by atoms with van der Waals surface area (Å²) in [5.74, 6) is -1.09. The lowest BCUT2D eigenvalue weighted by Gasteiger charge is -2.20. The van der Waals surface area contributed by atoms with Crippen molar-refractivity contribution in [2.75, 3.05) is 0 Å². The quantitative estimate of drug-likeness (QED) is 0.654. The van der Waals surface area contributed by atoms with E-state index in [1.807, 2.05) is 0 Å². The minimum atomic E-state index is -1.26. The Morgan fingerprint density at radius 1 is 1.50 bits per heavy atom. The summed E-state index contributed by atoms with van der Waals surface area (Å²) in [5.41, 5.74) is -1.20. The molecule has 0 unspecified atom stereocenters. The molecule has 0 bridgehead atoms. The number of aliphatic carboxylic acids is 1. The molecule has 1 aromatic rings. The molecule has 0 aliphatic heterocycles. The van der Waals surface area contributed by atoms with Gasteiger partial charge in [0, 0.05) is 17.2 Å². The molecule has 0 radical (unpaired) electrons. The molecule has 0 atom stereocenters. The Labute approximate surface area is 96.8 Å². The number of carbonyl (C=O) groups is 1. The summed E-state index contributed by atoms with van der Waals surface area (Å²) in [6.07, 6.45) is 0. The molecule has 0 aliphatic carbocycles. The van der Waals surface area contributed by atoms with Gasteiger partial charge in [0.2, 0.25) is 0 Å². The van der Waals surface area contributed by atoms with Gasteiger partial charge < -0.3 is 5.11 Å². The lowest BCUT2D eigenvalue weighted by Crippen LogP contribution is -2.28. The molecule has 0 spiro atoms. The first-order valence-corrected chi connectivity index (χ1v) is 4.82. The lowest BCUT2D eigenvalue weighted by atomic mass is 9.84. The average molecular weight is 244 g/mol. The number of nitro groups is 1. The number of carboxylic acids is 1. The molecule has 0 aliphatic rings. The van der Waals surface area contributed by atoms with Crippen LogP contribution in [0.4, 0.5) is 5.69 Å². The molecule has 0 fully saturated rings. The maximum Gasteiger partial charge on any atom is 0.313 e. The van der Waals surface area contributed by atoms with Crippen molar-refractivity contribution in [3.05, 3.63) is 38.9 Å². The molecule has 6 heteroatoms. The zero-order valence-electron chi connectivity index (χ0n) is 8.73. The van der Waals surface area contributed by atoms with Crippen molar-refractivity contribution < 1.29 is 14.8 Å². The summed E-state index contributed by atoms with van der Waals surface area (Å²) in [4.78, 5) is 21.0. The van der Waals surface area contributed by atoms with E-state index in [0.717, 1.165) is 0 Å². The van der Waals surface area contributed by atoms with E-state index in [9.17, 15) is 14.9 Å². The van der Waals surface area contributed by atoms with Crippen LogP contribution in [0.5, 0.6) is 0 Å². The van der Waals surface area contributed by atoms with Crippen molar-refractivity contribution in [1.82, 2.24) is 0 Å². The Morgan fingerprint density at radius 3 is 2.50 bits per heavy atom. The van der Waals surface area contributed by atoms with Crippen molar-refractivity contribution in [2.24, 2.45) is 0 Å². The van der Waals surface area contributed by atoms with E-state index in [4.69, 9.17) is 16.7 Å². The summed E-state index contributed by atoms with van der Waals surface area (Å²) < 4.78 is 0. The van der Waals surface area contributed by atoms with Crippen LogP contribution in [-0.4, -0.2) is 16.0 Å². The van der Waals surface area contributed by atoms with E-state index in [1.54, 1.807) is 0 Å². The second-order valence-corrected chi connectivity index (χ2v) is 4.26. The highest BCUT2D eigenvalue weighted by molar-refractivity contribution is 6.31. The monoisotopic (exact) mass is 243 g/mol. The number of hydrogen-bond acceptors (Lipinski definition) is 3. The summed E-state index contributed by atoms with van der Waals surface area (Å²) in [6.45, 7) is 2.89. The van der Waals surface area contributed by atoms with Gasteiger partial charge in [-0.3, -0.25) is 14.9 Å². The van der Waals surface area contributed by atoms with Gasteiger partial charge in [0.1, 0.15) is 0 Å². The Bertz CT molecular complexity index is 456. The van der Waals surface area contributed by atoms with E-state index in [-0.39, 0.29) is 16.3 Å². The zero-order chi connectivity index (χ0) is 12.5. The predicted molar refractivity (Wildman–Crippen MR) is 58.8 cm³/mol. The Kier molecular flexibility index (Phi) is 3.19. The van der Waals surface area contributed by atoms with Crippen molar-refractivity contribution in [2.45, 2.75) is 19.3 Å². The number of halogens is 1. The molecule has 1 N–H and O–H groups in total. The first-order valence-electron chi connectivity index (χ1n) is 4.44. The third-order valence-electron chi connectivity index (χ3n) is 2.37. The van der Waals surface area contributed by atoms with Gasteiger partial charge in [-0.25, -0.2) is 0 Å². The third kappa shape index (κ3) is 2.14. The minimum absolute atomic E-state index is 0.172. The number of carboxylic acid groups (broad SMARTS) is 1. The minimum Gasteiger partial charge on any atom is -0.481 e. The number of hydrogen-bond donors (Lipinski definition) is 1. The predicted octanol–water partition coefficient (Wildman–Crippen LogP) is 2.61. The highest BCUT2D eigenvalue weighted by Crippen LogP contribution is 2.32. The van der Waals surface area contributed by atoms with Crippen molar-refractivity contribution >= 4 is 23.3 Å². The van der Waals surface area contributed by atoms with Crippen molar-refractivity contribution in [3.8, 4) is 0 Å². The van der Waals surface area contributed by atoms with E-state index < -0.39 is 16.3 Å². The Balaban J connectivity index is 3.38. The molecular formula is C10H10ClNO4. The van der Waals surface area contributed by atoms with E-state index >= 15 is 0 Å². The van der Waals surface area contributed by atoms with Crippen LogP contribution in [0.25, 0.3) is 0 Å². The number of non-ortho nitro benzene ring substituents is 1. The molecule has 0 saturated heterocycles. The van der Waals surface area contributed by atoms with Gasteiger partial charge in [-0.2, -0.15) is 0 Å². The van der Waals surface area contributed by atoms with Crippen LogP contribution < -0.4 is 0 Å². The van der Waals surface area contributed by atoms with E-state index in [2.05, 4.69) is 0 Å². The fourth-order valence-electron chi connectivity index (χ4n) is 1.22. The normalized spacial score (nSPS) is 11.2. The second-order valence-electron chi connectivity index (χ2n) is 3.85. The number of nitrogens with zero attached hydrogens (tertiary/aromatic N) is 1. The maximum absolute atomic E-state index is 11.0. The molecule has 86 valence electrons. The summed E-state index contributed by atoms with van der Waals surface area (Å²) >= 11 is 5.84. The fourth-order valence-corrected chi connectivity index (χ4v) is 1.57. The third-order valence-corrected chi connectivity index (χ3v) is 2.70. The van der Waals surface area contributed by atoms with E-state index in [1.165, 1.54) is 32.0 Å². The molecule has 0 heterocycles. The SMILES string of the molecule is CC(C)(C(=O)O)c1cc([N+](=O)[O-])ccc1Cl. The topological polar surface area (TPSA) is 80.4 Å². The van der Waals surface area contributed by atoms with Gasteiger partial charge in [0.25, 0.3) is 5.69 Å². The first-order chi connectivity index (χ1) is 7.26. The number of nitro benzene ring substituents is 1. The summed E-state index contributed by atoms with van der Waals surface area (Å²) in [7, 11) is 0. The van der Waals surface area contributed by atoms with Crippen LogP contribution in [0.15, 0.2) is 18.2 Å². The Hall–Kier alpha value is -1.62. The largest absolute Gasteiger partial charge is 0.481 e. The molecule has 1 aromatic carbocycles. The van der Waals surface area contributed by atoms with Gasteiger partial charge >= 0.3 is 5.97 Å². The molecular weight excluding hydrogens is 234 g/mol. The lowest BCUT2D eigenvalue weighted by molar-refractivity contribution is -0.384. The first kappa shape index (κ1) is 12.4. The second kappa shape index (κ2) is 4.09. The van der Waals surface area contributed by atoms with Crippen LogP contribution in [0.2, 0.25) is 5.02 Å². The van der Waals surface area contributed by atoms with E-state index in [0.29, 0.717) is 0 Å². The van der Waals surface area contributed by atoms with Gasteiger partial charge in [-0.15, -0.1) is 0 Å². The molecule has 0 saturated carbocycles. The fraction of sp³-hybridized carbons (Fsp3) is 0.300. The average Bonchev–Trinajstić information content (AvgIpc) is 2.17. The highest BCUT2D eigenvalue weighted by atomic mass is 35.5. The number of rotatable bonds is 3. The van der Waals surface area contributed by atoms with Crippen LogP contribution in [-0.2, 0) is 10.2 Å². The molecule has 16 heavy (non-hydrogen) atoms. The zero-order valence-corrected chi connectivity index (χ0v) is 9.49. The summed E-state index contributed by atoms with van der Waals surface area (Å²) in [5, 5.41) is 19.8. The van der Waals surface area contributed by atoms with Crippen LogP contribution in [0.3, 0.4) is 0 Å². The van der Waals surface area contributed by atoms with Crippen LogP contribution in [0, 0.1) is 10.1 Å². The molecule has 0 aromatic heterocycles. The molecule has 0 amide bonds. The highest BCUT2D eigenvalue weighted by Gasteiger charge is 2.32. The summed E-state index contributed by atoms with van der Waals surface area (Å²) in [6, 6.07) is 3.76. The number of benzene rings is 1. The van der Waals surface area contributed by atoms with Crippen molar-refractivity contribution in [1.29, 1.82) is 0 Å². The maximum atomic E-state index is 11.0. The van der Waals surface area contributed by atoms with Crippen LogP contribution >= 0.6 is 11.6 Å². The van der Waals surface area contributed by atoms with Gasteiger partial charge in [-0.1, -0.05) is 11.6 Å².